The number of nitro benzene ring substituents is 1. The van der Waals surface area contributed by atoms with E-state index in [9.17, 15) is 19.7 Å². The molecule has 0 unspecified atom stereocenters. The van der Waals surface area contributed by atoms with Gasteiger partial charge in [-0.25, -0.2) is 0 Å². The van der Waals surface area contributed by atoms with E-state index in [0.29, 0.717) is 0 Å². The molecule has 0 spiro atoms. The number of esters is 1. The quantitative estimate of drug-likeness (QED) is 0.503. The van der Waals surface area contributed by atoms with Gasteiger partial charge in [0.05, 0.1) is 11.5 Å². The number of nitro groups is 1. The minimum atomic E-state index is -0.762. The van der Waals surface area contributed by atoms with Crippen LogP contribution in [0.15, 0.2) is 18.2 Å². The summed E-state index contributed by atoms with van der Waals surface area (Å²) in [6.45, 7) is 1.45. The number of benzene rings is 1. The van der Waals surface area contributed by atoms with Crippen LogP contribution >= 0.6 is 11.6 Å². The van der Waals surface area contributed by atoms with Gasteiger partial charge in [-0.2, -0.15) is 0 Å². The molecule has 1 N–H and O–H groups in total. The van der Waals surface area contributed by atoms with E-state index in [0.717, 1.165) is 0 Å². The molecule has 1 aromatic carbocycles. The van der Waals surface area contributed by atoms with Crippen molar-refractivity contribution in [3.63, 3.8) is 0 Å². The first-order valence-corrected chi connectivity index (χ1v) is 5.71. The van der Waals surface area contributed by atoms with E-state index < -0.39 is 22.5 Å². The molecule has 0 aromatic heterocycles. The van der Waals surface area contributed by atoms with E-state index in [1.54, 1.807) is 6.92 Å². The molecule has 1 rings (SSSR count). The number of rotatable bonds is 5. The van der Waals surface area contributed by atoms with Crippen LogP contribution in [0.4, 0.5) is 5.69 Å². The number of nitrogens with zero attached hydrogens (tertiary/aromatic N) is 1. The van der Waals surface area contributed by atoms with Crippen molar-refractivity contribution in [1.29, 1.82) is 0 Å². The van der Waals surface area contributed by atoms with Gasteiger partial charge in [-0.1, -0.05) is 17.7 Å². The first kappa shape index (κ1) is 14.9. The average Bonchev–Trinajstić information content (AvgIpc) is 2.35. The minimum absolute atomic E-state index is 0.145. The number of carbonyl (C=O) groups excluding carboxylic acids is 2. The standard InChI is InChI=1S/C11H11ClN2O5/c1-2-19-9(15)6-13-11(16)7-4-3-5-8(12)10(7)14(17)18/h3-5H,2,6H2,1H3,(H,13,16). The SMILES string of the molecule is CCOC(=O)CNC(=O)c1cccc(Cl)c1[N+](=O)[O-]. The van der Waals surface area contributed by atoms with E-state index in [1.807, 2.05) is 0 Å². The zero-order valence-electron chi connectivity index (χ0n) is 10.0. The smallest absolute Gasteiger partial charge is 0.325 e. The third-order valence-corrected chi connectivity index (χ3v) is 2.42. The van der Waals surface area contributed by atoms with Crippen LogP contribution in [-0.4, -0.2) is 30.0 Å². The Morgan fingerprint density at radius 1 is 1.47 bits per heavy atom. The predicted molar refractivity (Wildman–Crippen MR) is 67.1 cm³/mol. The van der Waals surface area contributed by atoms with Gasteiger partial charge in [-0.3, -0.25) is 19.7 Å². The Morgan fingerprint density at radius 2 is 2.16 bits per heavy atom. The second-order valence-corrected chi connectivity index (χ2v) is 3.79. The van der Waals surface area contributed by atoms with Crippen molar-refractivity contribution in [3.05, 3.63) is 38.9 Å². The number of nitrogens with one attached hydrogen (secondary N) is 1. The number of hydrogen-bond donors (Lipinski definition) is 1. The van der Waals surface area contributed by atoms with Gasteiger partial charge >= 0.3 is 11.7 Å². The molecular weight excluding hydrogens is 276 g/mol. The number of halogens is 1. The van der Waals surface area contributed by atoms with Crippen LogP contribution in [0.2, 0.25) is 5.02 Å². The molecule has 0 aliphatic rings. The molecule has 0 bridgehead atoms. The van der Waals surface area contributed by atoms with Crippen molar-refractivity contribution in [2.75, 3.05) is 13.2 Å². The fraction of sp³-hybridized carbons (Fsp3) is 0.273. The van der Waals surface area contributed by atoms with Crippen molar-refractivity contribution in [2.45, 2.75) is 6.92 Å². The Balaban J connectivity index is 2.86. The topological polar surface area (TPSA) is 98.5 Å². The molecular formula is C11H11ClN2O5. The summed E-state index contributed by atoms with van der Waals surface area (Å²) < 4.78 is 4.62. The van der Waals surface area contributed by atoms with E-state index in [-0.39, 0.29) is 23.7 Å². The van der Waals surface area contributed by atoms with Crippen LogP contribution in [0.1, 0.15) is 17.3 Å². The Labute approximate surface area is 113 Å². The molecule has 7 nitrogen and oxygen atoms in total. The fourth-order valence-corrected chi connectivity index (χ4v) is 1.59. The van der Waals surface area contributed by atoms with Gasteiger partial charge in [0.25, 0.3) is 5.91 Å². The maximum atomic E-state index is 11.7. The number of ether oxygens (including phenoxy) is 1. The molecule has 1 amide bonds. The first-order chi connectivity index (χ1) is 8.97. The summed E-state index contributed by atoms with van der Waals surface area (Å²) in [5.41, 5.74) is -0.702. The van der Waals surface area contributed by atoms with Crippen molar-refractivity contribution in [3.8, 4) is 0 Å². The summed E-state index contributed by atoms with van der Waals surface area (Å²) in [6, 6.07) is 3.97. The highest BCUT2D eigenvalue weighted by Crippen LogP contribution is 2.27. The molecule has 0 saturated heterocycles. The Morgan fingerprint density at radius 3 is 2.74 bits per heavy atom. The van der Waals surface area contributed by atoms with E-state index in [1.165, 1.54) is 18.2 Å². The normalized spacial score (nSPS) is 9.79. The average molecular weight is 287 g/mol. The lowest BCUT2D eigenvalue weighted by molar-refractivity contribution is -0.385. The highest BCUT2D eigenvalue weighted by atomic mass is 35.5. The summed E-state index contributed by atoms with van der Waals surface area (Å²) in [4.78, 5) is 32.9. The first-order valence-electron chi connectivity index (χ1n) is 5.34. The maximum absolute atomic E-state index is 11.7. The summed E-state index contributed by atoms with van der Waals surface area (Å²) in [5.74, 6) is -1.39. The molecule has 8 heteroatoms. The Kier molecular flexibility index (Phi) is 5.25. The summed E-state index contributed by atoms with van der Waals surface area (Å²) in [7, 11) is 0. The van der Waals surface area contributed by atoms with E-state index >= 15 is 0 Å². The highest BCUT2D eigenvalue weighted by Gasteiger charge is 2.23. The van der Waals surface area contributed by atoms with Crippen molar-refractivity contribution >= 4 is 29.2 Å². The third-order valence-electron chi connectivity index (χ3n) is 2.11. The maximum Gasteiger partial charge on any atom is 0.325 e. The minimum Gasteiger partial charge on any atom is -0.465 e. The lowest BCUT2D eigenvalue weighted by Gasteiger charge is -2.06. The van der Waals surface area contributed by atoms with Crippen LogP contribution in [0.3, 0.4) is 0 Å². The van der Waals surface area contributed by atoms with Gasteiger partial charge in [-0.05, 0) is 19.1 Å². The molecule has 102 valence electrons. The van der Waals surface area contributed by atoms with Crippen LogP contribution in [0.25, 0.3) is 0 Å². The number of amides is 1. The van der Waals surface area contributed by atoms with Gasteiger partial charge in [0.2, 0.25) is 0 Å². The lowest BCUT2D eigenvalue weighted by atomic mass is 10.1. The molecule has 1 aromatic rings. The Hall–Kier alpha value is -2.15. The molecule has 19 heavy (non-hydrogen) atoms. The van der Waals surface area contributed by atoms with E-state index in [2.05, 4.69) is 10.1 Å². The summed E-state index contributed by atoms with van der Waals surface area (Å²) in [5, 5.41) is 12.9. The molecule has 0 atom stereocenters. The predicted octanol–water partition coefficient (Wildman–Crippen LogP) is 1.54. The zero-order chi connectivity index (χ0) is 14.4. The van der Waals surface area contributed by atoms with Crippen molar-refractivity contribution in [2.24, 2.45) is 0 Å². The monoisotopic (exact) mass is 286 g/mol. The van der Waals surface area contributed by atoms with Crippen LogP contribution in [0.5, 0.6) is 0 Å². The largest absolute Gasteiger partial charge is 0.465 e. The summed E-state index contributed by atoms with van der Waals surface area (Å²) in [6.07, 6.45) is 0. The van der Waals surface area contributed by atoms with Crippen molar-refractivity contribution in [1.82, 2.24) is 5.32 Å². The molecule has 0 saturated carbocycles. The summed E-state index contributed by atoms with van der Waals surface area (Å²) >= 11 is 5.67. The lowest BCUT2D eigenvalue weighted by Crippen LogP contribution is -2.31. The van der Waals surface area contributed by atoms with Crippen molar-refractivity contribution < 1.29 is 19.2 Å². The van der Waals surface area contributed by atoms with Crippen LogP contribution in [-0.2, 0) is 9.53 Å². The second kappa shape index (κ2) is 6.69. The van der Waals surface area contributed by atoms with Gasteiger partial charge < -0.3 is 10.1 Å². The molecule has 0 radical (unpaired) electrons. The molecule has 0 aliphatic heterocycles. The van der Waals surface area contributed by atoms with Crippen LogP contribution < -0.4 is 5.32 Å². The van der Waals surface area contributed by atoms with E-state index in [4.69, 9.17) is 11.6 Å². The van der Waals surface area contributed by atoms with Gasteiger partial charge in [-0.15, -0.1) is 0 Å². The molecule has 0 heterocycles. The highest BCUT2D eigenvalue weighted by molar-refractivity contribution is 6.33. The number of carbonyl (C=O) groups is 2. The number of para-hydroxylation sites is 1. The fourth-order valence-electron chi connectivity index (χ4n) is 1.34. The molecule has 0 fully saturated rings. The third kappa shape index (κ3) is 3.92. The second-order valence-electron chi connectivity index (χ2n) is 3.38. The zero-order valence-corrected chi connectivity index (χ0v) is 10.8. The van der Waals surface area contributed by atoms with Gasteiger partial charge in [0.1, 0.15) is 17.1 Å². The van der Waals surface area contributed by atoms with Crippen LogP contribution in [0, 0.1) is 10.1 Å². The van der Waals surface area contributed by atoms with Gasteiger partial charge in [0.15, 0.2) is 0 Å². The molecule has 0 aliphatic carbocycles. The van der Waals surface area contributed by atoms with Gasteiger partial charge in [0, 0.05) is 0 Å². The number of hydrogen-bond acceptors (Lipinski definition) is 5. The Bertz CT molecular complexity index is 518.